The second kappa shape index (κ2) is 9.31. The van der Waals surface area contributed by atoms with E-state index in [1.807, 2.05) is 34.9 Å². The number of hydrogen-bond donors (Lipinski definition) is 1. The van der Waals surface area contributed by atoms with Crippen molar-refractivity contribution in [1.29, 1.82) is 5.26 Å². The SMILES string of the molecule is CC(Oc1cccc(C#N)c1)C(=O)NC(Cn1cnc2ccccc21)c1ccc(F)cc1. The van der Waals surface area contributed by atoms with E-state index in [4.69, 9.17) is 10.00 Å². The average molecular weight is 428 g/mol. The van der Waals surface area contributed by atoms with Gasteiger partial charge in [0.05, 0.1) is 35.0 Å². The molecule has 0 aliphatic heterocycles. The molecule has 0 bridgehead atoms. The molecule has 4 rings (SSSR count). The van der Waals surface area contributed by atoms with Crippen LogP contribution >= 0.6 is 0 Å². The highest BCUT2D eigenvalue weighted by Gasteiger charge is 2.22. The van der Waals surface area contributed by atoms with E-state index in [9.17, 15) is 9.18 Å². The molecule has 160 valence electrons. The number of carbonyl (C=O) groups is 1. The molecule has 2 atom stereocenters. The van der Waals surface area contributed by atoms with Crippen LogP contribution in [0.1, 0.15) is 24.1 Å². The highest BCUT2D eigenvalue weighted by molar-refractivity contribution is 5.81. The fourth-order valence-electron chi connectivity index (χ4n) is 3.47. The van der Waals surface area contributed by atoms with Crippen LogP contribution in [0.2, 0.25) is 0 Å². The summed E-state index contributed by atoms with van der Waals surface area (Å²) in [5, 5.41) is 12.1. The lowest BCUT2D eigenvalue weighted by molar-refractivity contribution is -0.128. The van der Waals surface area contributed by atoms with Gasteiger partial charge in [-0.3, -0.25) is 4.79 Å². The lowest BCUT2D eigenvalue weighted by Crippen LogP contribution is -2.40. The summed E-state index contributed by atoms with van der Waals surface area (Å²) in [5.41, 5.74) is 3.00. The van der Waals surface area contributed by atoms with Gasteiger partial charge in [-0.15, -0.1) is 0 Å². The first-order valence-electron chi connectivity index (χ1n) is 10.2. The number of nitrogens with zero attached hydrogens (tertiary/aromatic N) is 3. The van der Waals surface area contributed by atoms with E-state index in [0.29, 0.717) is 17.9 Å². The van der Waals surface area contributed by atoms with Gasteiger partial charge in [-0.2, -0.15) is 5.26 Å². The molecular formula is C25H21FN4O2. The molecule has 1 heterocycles. The van der Waals surface area contributed by atoms with Crippen LogP contribution in [0.25, 0.3) is 11.0 Å². The van der Waals surface area contributed by atoms with Gasteiger partial charge in [0, 0.05) is 6.54 Å². The molecule has 6 nitrogen and oxygen atoms in total. The molecule has 3 aromatic carbocycles. The summed E-state index contributed by atoms with van der Waals surface area (Å²) in [4.78, 5) is 17.3. The molecule has 0 radical (unpaired) electrons. The van der Waals surface area contributed by atoms with Gasteiger partial charge in [0.15, 0.2) is 6.10 Å². The molecule has 4 aromatic rings. The Morgan fingerprint density at radius 2 is 1.94 bits per heavy atom. The minimum Gasteiger partial charge on any atom is -0.481 e. The van der Waals surface area contributed by atoms with Gasteiger partial charge < -0.3 is 14.6 Å². The van der Waals surface area contributed by atoms with Crippen LogP contribution in [0.4, 0.5) is 4.39 Å². The van der Waals surface area contributed by atoms with Crippen LogP contribution < -0.4 is 10.1 Å². The molecule has 0 aliphatic rings. The number of amides is 1. The van der Waals surface area contributed by atoms with E-state index in [1.165, 1.54) is 12.1 Å². The van der Waals surface area contributed by atoms with Crippen molar-refractivity contribution in [3.05, 3.63) is 96.1 Å². The third-order valence-electron chi connectivity index (χ3n) is 5.14. The quantitative estimate of drug-likeness (QED) is 0.474. The maximum atomic E-state index is 13.5. The van der Waals surface area contributed by atoms with Crippen molar-refractivity contribution in [3.63, 3.8) is 0 Å². The largest absolute Gasteiger partial charge is 0.481 e. The number of para-hydroxylation sites is 2. The topological polar surface area (TPSA) is 79.9 Å². The number of hydrogen-bond acceptors (Lipinski definition) is 4. The number of imidazole rings is 1. The van der Waals surface area contributed by atoms with Gasteiger partial charge in [-0.1, -0.05) is 30.3 Å². The van der Waals surface area contributed by atoms with Crippen molar-refractivity contribution in [2.45, 2.75) is 25.6 Å². The Morgan fingerprint density at radius 1 is 1.16 bits per heavy atom. The Labute approximate surface area is 184 Å². The number of aromatic nitrogens is 2. The number of fused-ring (bicyclic) bond motifs is 1. The van der Waals surface area contributed by atoms with Gasteiger partial charge >= 0.3 is 0 Å². The van der Waals surface area contributed by atoms with E-state index < -0.39 is 12.1 Å². The van der Waals surface area contributed by atoms with Crippen molar-refractivity contribution < 1.29 is 13.9 Å². The summed E-state index contributed by atoms with van der Waals surface area (Å²) in [6, 6.07) is 22.0. The minimum absolute atomic E-state index is 0.328. The van der Waals surface area contributed by atoms with Gasteiger partial charge in [-0.05, 0) is 55.0 Å². The molecule has 1 amide bonds. The first kappa shape index (κ1) is 21.1. The van der Waals surface area contributed by atoms with Crippen molar-refractivity contribution in [1.82, 2.24) is 14.9 Å². The van der Waals surface area contributed by atoms with Crippen molar-refractivity contribution in [2.75, 3.05) is 0 Å². The number of carbonyl (C=O) groups excluding carboxylic acids is 1. The maximum Gasteiger partial charge on any atom is 0.261 e. The van der Waals surface area contributed by atoms with E-state index in [0.717, 1.165) is 16.6 Å². The molecule has 1 N–H and O–H groups in total. The second-order valence-corrected chi connectivity index (χ2v) is 7.40. The van der Waals surface area contributed by atoms with E-state index in [-0.39, 0.29) is 11.7 Å². The lowest BCUT2D eigenvalue weighted by atomic mass is 10.1. The summed E-state index contributed by atoms with van der Waals surface area (Å²) in [5.74, 6) is -0.238. The van der Waals surface area contributed by atoms with Crippen LogP contribution in [-0.2, 0) is 11.3 Å². The van der Waals surface area contributed by atoms with Crippen molar-refractivity contribution in [2.24, 2.45) is 0 Å². The summed E-state index contributed by atoms with van der Waals surface area (Å²) in [6.07, 6.45) is 0.923. The number of ether oxygens (including phenoxy) is 1. The fraction of sp³-hybridized carbons (Fsp3) is 0.160. The van der Waals surface area contributed by atoms with E-state index >= 15 is 0 Å². The van der Waals surface area contributed by atoms with E-state index in [2.05, 4.69) is 10.3 Å². The van der Waals surface area contributed by atoms with Crippen molar-refractivity contribution in [3.8, 4) is 11.8 Å². The first-order valence-corrected chi connectivity index (χ1v) is 10.2. The molecule has 0 fully saturated rings. The summed E-state index contributed by atoms with van der Waals surface area (Å²) >= 11 is 0. The third kappa shape index (κ3) is 4.76. The Hall–Kier alpha value is -4.18. The molecule has 0 aliphatic carbocycles. The standard InChI is InChI=1S/C25H21FN4O2/c1-17(32-21-6-4-5-18(13-21)14-27)25(31)29-23(19-9-11-20(26)12-10-19)15-30-16-28-22-7-2-3-8-24(22)30/h2-13,16-17,23H,15H2,1H3,(H,29,31). The zero-order valence-electron chi connectivity index (χ0n) is 17.4. The molecule has 2 unspecified atom stereocenters. The minimum atomic E-state index is -0.800. The molecule has 0 spiro atoms. The predicted octanol–water partition coefficient (Wildman–Crippen LogP) is 4.37. The van der Waals surface area contributed by atoms with Gasteiger partial charge in [-0.25, -0.2) is 9.37 Å². The average Bonchev–Trinajstić information content (AvgIpc) is 3.22. The smallest absolute Gasteiger partial charge is 0.261 e. The second-order valence-electron chi connectivity index (χ2n) is 7.40. The third-order valence-corrected chi connectivity index (χ3v) is 5.14. The highest BCUT2D eigenvalue weighted by Crippen LogP contribution is 2.21. The van der Waals surface area contributed by atoms with Gasteiger partial charge in [0.1, 0.15) is 11.6 Å². The number of halogens is 1. The Kier molecular flexibility index (Phi) is 6.13. The van der Waals surface area contributed by atoms with Crippen LogP contribution in [0.3, 0.4) is 0 Å². The molecule has 1 aromatic heterocycles. The normalized spacial score (nSPS) is 12.7. The summed E-state index contributed by atoms with van der Waals surface area (Å²) < 4.78 is 21.2. The summed E-state index contributed by atoms with van der Waals surface area (Å²) in [6.45, 7) is 2.05. The maximum absolute atomic E-state index is 13.5. The predicted molar refractivity (Wildman–Crippen MR) is 118 cm³/mol. The van der Waals surface area contributed by atoms with Crippen LogP contribution in [0.5, 0.6) is 5.75 Å². The zero-order chi connectivity index (χ0) is 22.5. The Balaban J connectivity index is 1.55. The number of rotatable bonds is 7. The van der Waals surface area contributed by atoms with Crippen molar-refractivity contribution >= 4 is 16.9 Å². The number of nitrogens with one attached hydrogen (secondary N) is 1. The highest BCUT2D eigenvalue weighted by atomic mass is 19.1. The zero-order valence-corrected chi connectivity index (χ0v) is 17.4. The number of benzene rings is 3. The van der Waals surface area contributed by atoms with Gasteiger partial charge in [0.25, 0.3) is 5.91 Å². The molecule has 0 saturated carbocycles. The molecule has 7 heteroatoms. The Bertz CT molecular complexity index is 1280. The van der Waals surface area contributed by atoms with Crippen LogP contribution in [0, 0.1) is 17.1 Å². The lowest BCUT2D eigenvalue weighted by Gasteiger charge is -2.23. The van der Waals surface area contributed by atoms with Crippen LogP contribution in [0.15, 0.2) is 79.1 Å². The fourth-order valence-corrected chi connectivity index (χ4v) is 3.47. The molecular weight excluding hydrogens is 407 g/mol. The van der Waals surface area contributed by atoms with E-state index in [1.54, 1.807) is 49.6 Å². The van der Waals surface area contributed by atoms with Crippen LogP contribution in [-0.4, -0.2) is 21.6 Å². The summed E-state index contributed by atoms with van der Waals surface area (Å²) in [7, 11) is 0. The monoisotopic (exact) mass is 428 g/mol. The Morgan fingerprint density at radius 3 is 2.72 bits per heavy atom. The van der Waals surface area contributed by atoms with Gasteiger partial charge in [0.2, 0.25) is 0 Å². The number of nitriles is 1. The molecule has 32 heavy (non-hydrogen) atoms. The first-order chi connectivity index (χ1) is 15.5. The molecule has 0 saturated heterocycles.